The number of hydrogen-bond donors (Lipinski definition) is 1. The molecule has 5 nitrogen and oxygen atoms in total. The van der Waals surface area contributed by atoms with Gasteiger partial charge in [0.15, 0.2) is 0 Å². The van der Waals surface area contributed by atoms with Crippen molar-refractivity contribution in [3.8, 4) is 0 Å². The van der Waals surface area contributed by atoms with Crippen LogP contribution in [0.15, 0.2) is 18.3 Å². The zero-order valence-corrected chi connectivity index (χ0v) is 9.93. The Kier molecular flexibility index (Phi) is 3.58. The van der Waals surface area contributed by atoms with Crippen LogP contribution in [-0.2, 0) is 4.74 Å². The van der Waals surface area contributed by atoms with E-state index in [2.05, 4.69) is 14.6 Å². The second kappa shape index (κ2) is 5.14. The Morgan fingerprint density at radius 3 is 3.06 bits per heavy atom. The predicted molar refractivity (Wildman–Crippen MR) is 65.0 cm³/mol. The first-order valence-corrected chi connectivity index (χ1v) is 5.77. The Bertz CT molecular complexity index is 391. The summed E-state index contributed by atoms with van der Waals surface area (Å²) in [5.41, 5.74) is 6.19. The van der Waals surface area contributed by atoms with Crippen molar-refractivity contribution in [3.63, 3.8) is 0 Å². The molecule has 1 atom stereocenters. The lowest BCUT2D eigenvalue weighted by molar-refractivity contribution is 0.0600. The van der Waals surface area contributed by atoms with Crippen LogP contribution >= 0.6 is 0 Å². The number of anilines is 1. The average Bonchev–Trinajstić information content (AvgIpc) is 2.86. The number of hydrogen-bond acceptors (Lipinski definition) is 5. The van der Waals surface area contributed by atoms with E-state index in [4.69, 9.17) is 5.73 Å². The highest BCUT2D eigenvalue weighted by Gasteiger charge is 2.24. The molecule has 0 aliphatic carbocycles. The minimum absolute atomic E-state index is 0.360. The smallest absolute Gasteiger partial charge is 0.339 e. The number of pyridine rings is 1. The van der Waals surface area contributed by atoms with Crippen molar-refractivity contribution in [3.05, 3.63) is 23.9 Å². The van der Waals surface area contributed by atoms with E-state index in [1.165, 1.54) is 7.11 Å². The van der Waals surface area contributed by atoms with Gasteiger partial charge in [0.2, 0.25) is 0 Å². The van der Waals surface area contributed by atoms with E-state index < -0.39 is 0 Å². The fraction of sp³-hybridized carbons (Fsp3) is 0.500. The van der Waals surface area contributed by atoms with E-state index in [1.807, 2.05) is 6.07 Å². The van der Waals surface area contributed by atoms with E-state index in [9.17, 15) is 4.79 Å². The van der Waals surface area contributed by atoms with Crippen molar-refractivity contribution in [2.24, 2.45) is 5.73 Å². The number of methoxy groups -OCH3 is 1. The van der Waals surface area contributed by atoms with Crippen LogP contribution in [-0.4, -0.2) is 37.2 Å². The van der Waals surface area contributed by atoms with Gasteiger partial charge in [0.25, 0.3) is 0 Å². The Morgan fingerprint density at radius 2 is 2.47 bits per heavy atom. The van der Waals surface area contributed by atoms with E-state index >= 15 is 0 Å². The van der Waals surface area contributed by atoms with E-state index in [0.717, 1.165) is 25.2 Å². The number of carbonyl (C=O) groups is 1. The Labute approximate surface area is 101 Å². The number of nitrogens with two attached hydrogens (primary N) is 1. The third-order valence-electron chi connectivity index (χ3n) is 3.11. The van der Waals surface area contributed by atoms with Gasteiger partial charge in [-0.15, -0.1) is 0 Å². The summed E-state index contributed by atoms with van der Waals surface area (Å²) in [7, 11) is 1.36. The molecule has 0 spiro atoms. The van der Waals surface area contributed by atoms with E-state index in [-0.39, 0.29) is 5.97 Å². The minimum atomic E-state index is -0.360. The Morgan fingerprint density at radius 1 is 1.65 bits per heavy atom. The monoisotopic (exact) mass is 235 g/mol. The molecule has 1 aliphatic rings. The summed E-state index contributed by atoms with van der Waals surface area (Å²) in [6.07, 6.45) is 3.80. The predicted octanol–water partition coefficient (Wildman–Crippen LogP) is 0.796. The lowest BCUT2D eigenvalue weighted by Crippen LogP contribution is -2.35. The highest BCUT2D eigenvalue weighted by atomic mass is 16.5. The summed E-state index contributed by atoms with van der Waals surface area (Å²) < 4.78 is 4.63. The van der Waals surface area contributed by atoms with Gasteiger partial charge in [0, 0.05) is 25.3 Å². The van der Waals surface area contributed by atoms with Crippen LogP contribution in [0.1, 0.15) is 23.2 Å². The summed E-state index contributed by atoms with van der Waals surface area (Å²) in [6.45, 7) is 1.62. The molecule has 17 heavy (non-hydrogen) atoms. The van der Waals surface area contributed by atoms with Crippen molar-refractivity contribution in [2.45, 2.75) is 18.9 Å². The van der Waals surface area contributed by atoms with Crippen LogP contribution < -0.4 is 10.6 Å². The molecule has 0 radical (unpaired) electrons. The summed E-state index contributed by atoms with van der Waals surface area (Å²) >= 11 is 0. The molecule has 0 amide bonds. The van der Waals surface area contributed by atoms with Gasteiger partial charge in [-0.25, -0.2) is 9.78 Å². The van der Waals surface area contributed by atoms with Crippen LogP contribution in [0.4, 0.5) is 5.82 Å². The highest BCUT2D eigenvalue weighted by molar-refractivity contribution is 5.89. The fourth-order valence-electron chi connectivity index (χ4n) is 2.18. The number of nitrogens with zero attached hydrogens (tertiary/aromatic N) is 2. The first-order valence-electron chi connectivity index (χ1n) is 5.77. The van der Waals surface area contributed by atoms with Crippen LogP contribution in [0, 0.1) is 0 Å². The lowest BCUT2D eigenvalue weighted by Gasteiger charge is -2.24. The fourth-order valence-corrected chi connectivity index (χ4v) is 2.18. The van der Waals surface area contributed by atoms with Crippen LogP contribution in [0.3, 0.4) is 0 Å². The van der Waals surface area contributed by atoms with Crippen LogP contribution in [0.2, 0.25) is 0 Å². The number of aromatic nitrogens is 1. The topological polar surface area (TPSA) is 68.5 Å². The summed E-state index contributed by atoms with van der Waals surface area (Å²) in [5, 5.41) is 0. The molecule has 1 saturated heterocycles. The van der Waals surface area contributed by atoms with Crippen LogP contribution in [0.25, 0.3) is 0 Å². The van der Waals surface area contributed by atoms with Crippen molar-refractivity contribution in [2.75, 3.05) is 25.1 Å². The third-order valence-corrected chi connectivity index (χ3v) is 3.11. The summed E-state index contributed by atoms with van der Waals surface area (Å²) in [4.78, 5) is 17.8. The molecule has 0 saturated carbocycles. The van der Waals surface area contributed by atoms with Gasteiger partial charge in [-0.1, -0.05) is 0 Å². The Hall–Kier alpha value is -1.62. The molecule has 5 heteroatoms. The van der Waals surface area contributed by atoms with Gasteiger partial charge in [-0.05, 0) is 25.0 Å². The molecule has 1 aromatic rings. The molecule has 1 unspecified atom stereocenters. The number of carbonyl (C=O) groups excluding carboxylic acids is 1. The normalized spacial score (nSPS) is 19.4. The van der Waals surface area contributed by atoms with Gasteiger partial charge < -0.3 is 15.4 Å². The van der Waals surface area contributed by atoms with Gasteiger partial charge >= 0.3 is 5.97 Å². The first kappa shape index (κ1) is 11.9. The Balaban J connectivity index is 2.15. The van der Waals surface area contributed by atoms with Gasteiger partial charge in [-0.3, -0.25) is 0 Å². The quantitative estimate of drug-likeness (QED) is 0.785. The molecule has 2 heterocycles. The highest BCUT2D eigenvalue weighted by Crippen LogP contribution is 2.23. The SMILES string of the molecule is COC(=O)c1ccc(N2CCCC2CN)nc1. The van der Waals surface area contributed by atoms with Crippen molar-refractivity contribution in [1.82, 2.24) is 4.98 Å². The van der Waals surface area contributed by atoms with Crippen molar-refractivity contribution in [1.29, 1.82) is 0 Å². The molecular weight excluding hydrogens is 218 g/mol. The van der Waals surface area contributed by atoms with Crippen molar-refractivity contribution >= 4 is 11.8 Å². The second-order valence-electron chi connectivity index (χ2n) is 4.12. The molecule has 2 rings (SSSR count). The van der Waals surface area contributed by atoms with E-state index in [1.54, 1.807) is 12.3 Å². The molecule has 1 fully saturated rings. The second-order valence-corrected chi connectivity index (χ2v) is 4.12. The summed E-state index contributed by atoms with van der Waals surface area (Å²) in [5.74, 6) is 0.520. The van der Waals surface area contributed by atoms with Crippen molar-refractivity contribution < 1.29 is 9.53 Å². The zero-order valence-electron chi connectivity index (χ0n) is 9.93. The maximum absolute atomic E-state index is 11.3. The molecule has 1 aliphatic heterocycles. The molecule has 1 aromatic heterocycles. The zero-order chi connectivity index (χ0) is 12.3. The molecule has 0 aromatic carbocycles. The molecular formula is C12H17N3O2. The number of ether oxygens (including phenoxy) is 1. The van der Waals surface area contributed by atoms with Gasteiger partial charge in [-0.2, -0.15) is 0 Å². The lowest BCUT2D eigenvalue weighted by atomic mass is 10.2. The van der Waals surface area contributed by atoms with Crippen LogP contribution in [0.5, 0.6) is 0 Å². The molecule has 2 N–H and O–H groups in total. The average molecular weight is 235 g/mol. The maximum Gasteiger partial charge on any atom is 0.339 e. The summed E-state index contributed by atoms with van der Waals surface area (Å²) in [6, 6.07) is 3.95. The molecule has 92 valence electrons. The number of rotatable bonds is 3. The standard InChI is InChI=1S/C12H17N3O2/c1-17-12(16)9-4-5-11(14-8-9)15-6-2-3-10(15)7-13/h4-5,8,10H,2-3,6-7,13H2,1H3. The van der Waals surface area contributed by atoms with E-state index in [0.29, 0.717) is 18.2 Å². The molecule has 0 bridgehead atoms. The van der Waals surface area contributed by atoms with Gasteiger partial charge in [0.05, 0.1) is 12.7 Å². The minimum Gasteiger partial charge on any atom is -0.465 e. The largest absolute Gasteiger partial charge is 0.465 e. The van der Waals surface area contributed by atoms with Gasteiger partial charge in [0.1, 0.15) is 5.82 Å². The maximum atomic E-state index is 11.3. The third kappa shape index (κ3) is 2.39. The first-order chi connectivity index (χ1) is 8.26. The number of esters is 1.